The first-order valence-electron chi connectivity index (χ1n) is 7.65. The molecule has 0 aliphatic heterocycles. The highest BCUT2D eigenvalue weighted by atomic mass is 16.3. The van der Waals surface area contributed by atoms with E-state index in [1.54, 1.807) is 6.92 Å². The highest BCUT2D eigenvalue weighted by Crippen LogP contribution is 2.29. The van der Waals surface area contributed by atoms with Crippen molar-refractivity contribution in [2.75, 3.05) is 5.32 Å². The van der Waals surface area contributed by atoms with Gasteiger partial charge in [0.15, 0.2) is 0 Å². The number of nitrogens with one attached hydrogen (secondary N) is 1. The molecule has 0 saturated carbocycles. The van der Waals surface area contributed by atoms with E-state index in [2.05, 4.69) is 28.5 Å². The van der Waals surface area contributed by atoms with E-state index in [9.17, 15) is 9.90 Å². The van der Waals surface area contributed by atoms with Gasteiger partial charge in [0, 0.05) is 12.0 Å². The summed E-state index contributed by atoms with van der Waals surface area (Å²) >= 11 is 0. The molecule has 0 unspecified atom stereocenters. The molecule has 1 aromatic heterocycles. The Morgan fingerprint density at radius 3 is 2.65 bits per heavy atom. The minimum atomic E-state index is -0.140. The average molecular weight is 308 g/mol. The maximum absolute atomic E-state index is 12.5. The fourth-order valence-electron chi connectivity index (χ4n) is 2.84. The summed E-state index contributed by atoms with van der Waals surface area (Å²) in [6.07, 6.45) is 2.57. The fourth-order valence-corrected chi connectivity index (χ4v) is 2.84. The highest BCUT2D eigenvalue weighted by Gasteiger charge is 2.20. The molecule has 4 nitrogen and oxygen atoms in total. The number of rotatable bonds is 2. The van der Waals surface area contributed by atoms with Gasteiger partial charge < -0.3 is 10.4 Å². The summed E-state index contributed by atoms with van der Waals surface area (Å²) in [7, 11) is 0. The largest absolute Gasteiger partial charge is 0.506 e. The Morgan fingerprint density at radius 1 is 1.17 bits per heavy atom. The molecule has 0 radical (unpaired) electrons. The van der Waals surface area contributed by atoms with Crippen molar-refractivity contribution in [3.05, 3.63) is 57.3 Å². The normalized spacial score (nSPS) is 12.8. The van der Waals surface area contributed by atoms with Gasteiger partial charge in [-0.15, -0.1) is 0 Å². The van der Waals surface area contributed by atoms with E-state index < -0.39 is 0 Å². The number of aromatic hydroxyl groups is 1. The van der Waals surface area contributed by atoms with E-state index in [-0.39, 0.29) is 11.7 Å². The molecule has 1 aliphatic carbocycles. The van der Waals surface area contributed by atoms with Crippen LogP contribution in [0.25, 0.3) is 6.08 Å². The SMILES string of the molecule is Cc1ccc2c(c1)C=C(C(=O)Nc1nc(C)c(O)c(C)c1C)C2. The lowest BCUT2D eigenvalue weighted by molar-refractivity contribution is -0.112. The maximum Gasteiger partial charge on any atom is 0.253 e. The molecule has 0 spiro atoms. The number of pyridine rings is 1. The summed E-state index contributed by atoms with van der Waals surface area (Å²) in [5.74, 6) is 0.554. The van der Waals surface area contributed by atoms with E-state index in [4.69, 9.17) is 0 Å². The Labute approximate surface area is 135 Å². The van der Waals surface area contributed by atoms with E-state index in [0.29, 0.717) is 17.9 Å². The van der Waals surface area contributed by atoms with E-state index in [1.165, 1.54) is 11.1 Å². The van der Waals surface area contributed by atoms with Gasteiger partial charge >= 0.3 is 0 Å². The molecule has 23 heavy (non-hydrogen) atoms. The quantitative estimate of drug-likeness (QED) is 0.891. The molecule has 0 bridgehead atoms. The third-order valence-electron chi connectivity index (χ3n) is 4.43. The van der Waals surface area contributed by atoms with Gasteiger partial charge in [-0.1, -0.05) is 23.8 Å². The van der Waals surface area contributed by atoms with Crippen LogP contribution in [0, 0.1) is 27.7 Å². The van der Waals surface area contributed by atoms with Gasteiger partial charge in [-0.3, -0.25) is 4.79 Å². The Balaban J connectivity index is 1.86. The third-order valence-corrected chi connectivity index (χ3v) is 4.43. The van der Waals surface area contributed by atoms with E-state index >= 15 is 0 Å². The van der Waals surface area contributed by atoms with Gasteiger partial charge in [-0.25, -0.2) is 4.98 Å². The molecular weight excluding hydrogens is 288 g/mol. The number of amides is 1. The second-order valence-electron chi connectivity index (χ2n) is 6.15. The molecule has 0 fully saturated rings. The number of fused-ring (bicyclic) bond motifs is 1. The molecule has 2 aromatic rings. The number of nitrogens with zero attached hydrogens (tertiary/aromatic N) is 1. The molecule has 3 rings (SSSR count). The number of anilines is 1. The first-order valence-corrected chi connectivity index (χ1v) is 7.65. The topological polar surface area (TPSA) is 62.2 Å². The number of benzene rings is 1. The van der Waals surface area contributed by atoms with Crippen LogP contribution in [0.15, 0.2) is 23.8 Å². The molecule has 0 atom stereocenters. The second-order valence-corrected chi connectivity index (χ2v) is 6.15. The molecule has 4 heteroatoms. The van der Waals surface area contributed by atoms with Crippen LogP contribution >= 0.6 is 0 Å². The Bertz CT molecular complexity index is 851. The predicted octanol–water partition coefficient (Wildman–Crippen LogP) is 3.60. The number of aromatic nitrogens is 1. The summed E-state index contributed by atoms with van der Waals surface area (Å²) in [6, 6.07) is 6.22. The number of carbonyl (C=O) groups is 1. The van der Waals surface area contributed by atoms with Crippen molar-refractivity contribution < 1.29 is 9.90 Å². The molecule has 2 N–H and O–H groups in total. The zero-order valence-corrected chi connectivity index (χ0v) is 13.8. The molecule has 1 aromatic carbocycles. The van der Waals surface area contributed by atoms with Gasteiger partial charge in [-0.2, -0.15) is 0 Å². The second kappa shape index (κ2) is 5.54. The third kappa shape index (κ3) is 2.72. The molecular formula is C19H20N2O2. The van der Waals surface area contributed by atoms with Crippen LogP contribution < -0.4 is 5.32 Å². The van der Waals surface area contributed by atoms with Crippen LogP contribution in [0.4, 0.5) is 5.82 Å². The Hall–Kier alpha value is -2.62. The molecule has 1 aliphatic rings. The van der Waals surface area contributed by atoms with Crippen molar-refractivity contribution in [2.45, 2.75) is 34.1 Å². The van der Waals surface area contributed by atoms with Crippen molar-refractivity contribution in [1.82, 2.24) is 4.98 Å². The van der Waals surface area contributed by atoms with Gasteiger partial charge in [-0.05, 0) is 56.0 Å². The van der Waals surface area contributed by atoms with Crippen LogP contribution in [0.1, 0.15) is 33.5 Å². The van der Waals surface area contributed by atoms with Crippen LogP contribution in [-0.2, 0) is 11.2 Å². The number of hydrogen-bond acceptors (Lipinski definition) is 3. The zero-order chi connectivity index (χ0) is 16.7. The van der Waals surface area contributed by atoms with Crippen LogP contribution in [0.2, 0.25) is 0 Å². The Kier molecular flexibility index (Phi) is 3.68. The van der Waals surface area contributed by atoms with Crippen LogP contribution in [-0.4, -0.2) is 16.0 Å². The number of hydrogen-bond donors (Lipinski definition) is 2. The summed E-state index contributed by atoms with van der Waals surface area (Å²) in [5, 5.41) is 12.8. The smallest absolute Gasteiger partial charge is 0.253 e. The van der Waals surface area contributed by atoms with Crippen molar-refractivity contribution >= 4 is 17.8 Å². The molecule has 1 heterocycles. The minimum Gasteiger partial charge on any atom is -0.506 e. The monoisotopic (exact) mass is 308 g/mol. The lowest BCUT2D eigenvalue weighted by Crippen LogP contribution is -2.17. The number of carbonyl (C=O) groups excluding carboxylic acids is 1. The average Bonchev–Trinajstić information content (AvgIpc) is 2.93. The zero-order valence-electron chi connectivity index (χ0n) is 13.8. The standard InChI is InChI=1S/C19H20N2O2/c1-10-5-6-14-8-16(9-15(14)7-10)19(23)21-18-12(3)11(2)17(22)13(4)20-18/h5-7,9,22H,8H2,1-4H3,(H,20,21,23). The van der Waals surface area contributed by atoms with Crippen molar-refractivity contribution in [3.8, 4) is 5.75 Å². The lowest BCUT2D eigenvalue weighted by atomic mass is 10.1. The predicted molar refractivity (Wildman–Crippen MR) is 91.6 cm³/mol. The Morgan fingerprint density at radius 2 is 1.91 bits per heavy atom. The maximum atomic E-state index is 12.5. The fraction of sp³-hybridized carbons (Fsp3) is 0.263. The summed E-state index contributed by atoms with van der Waals surface area (Å²) in [6.45, 7) is 7.44. The van der Waals surface area contributed by atoms with Crippen molar-refractivity contribution in [3.63, 3.8) is 0 Å². The lowest BCUT2D eigenvalue weighted by Gasteiger charge is -2.13. The minimum absolute atomic E-state index is 0.140. The molecule has 118 valence electrons. The summed E-state index contributed by atoms with van der Waals surface area (Å²) in [5.41, 5.74) is 6.24. The first kappa shape index (κ1) is 15.3. The van der Waals surface area contributed by atoms with E-state index in [1.807, 2.05) is 26.8 Å². The van der Waals surface area contributed by atoms with Crippen molar-refractivity contribution in [1.29, 1.82) is 0 Å². The molecule has 0 saturated heterocycles. The number of aryl methyl sites for hydroxylation is 2. The van der Waals surface area contributed by atoms with E-state index in [0.717, 1.165) is 22.3 Å². The van der Waals surface area contributed by atoms with Gasteiger partial charge in [0.25, 0.3) is 5.91 Å². The van der Waals surface area contributed by atoms with Gasteiger partial charge in [0.2, 0.25) is 0 Å². The van der Waals surface area contributed by atoms with Gasteiger partial charge in [0.1, 0.15) is 11.6 Å². The van der Waals surface area contributed by atoms with Crippen LogP contribution in [0.5, 0.6) is 5.75 Å². The first-order chi connectivity index (χ1) is 10.9. The van der Waals surface area contributed by atoms with Crippen molar-refractivity contribution in [2.24, 2.45) is 0 Å². The summed E-state index contributed by atoms with van der Waals surface area (Å²) < 4.78 is 0. The molecule has 1 amide bonds. The summed E-state index contributed by atoms with van der Waals surface area (Å²) in [4.78, 5) is 16.8. The highest BCUT2D eigenvalue weighted by molar-refractivity contribution is 6.08. The van der Waals surface area contributed by atoms with Crippen LogP contribution in [0.3, 0.4) is 0 Å². The van der Waals surface area contributed by atoms with Gasteiger partial charge in [0.05, 0.1) is 5.69 Å².